The maximum Gasteiger partial charge on any atom is 0.321 e. The van der Waals surface area contributed by atoms with Crippen molar-refractivity contribution in [3.63, 3.8) is 0 Å². The van der Waals surface area contributed by atoms with Crippen molar-refractivity contribution in [3.8, 4) is 0 Å². The normalized spacial score (nSPS) is 36.5. The van der Waals surface area contributed by atoms with Gasteiger partial charge in [-0.3, -0.25) is 4.90 Å². The van der Waals surface area contributed by atoms with E-state index in [4.69, 9.17) is 0 Å². The van der Waals surface area contributed by atoms with Gasteiger partial charge in [0.05, 0.1) is 0 Å². The van der Waals surface area contributed by atoms with Gasteiger partial charge >= 0.3 is 6.03 Å². The highest BCUT2D eigenvalue weighted by atomic mass is 16.2. The van der Waals surface area contributed by atoms with Crippen molar-refractivity contribution in [1.29, 1.82) is 0 Å². The highest BCUT2D eigenvalue weighted by Crippen LogP contribution is 2.59. The second-order valence-electron chi connectivity index (χ2n) is 8.96. The molecule has 1 N–H and O–H groups in total. The van der Waals surface area contributed by atoms with Crippen molar-refractivity contribution >= 4 is 11.7 Å². The van der Waals surface area contributed by atoms with Crippen LogP contribution in [0.1, 0.15) is 50.5 Å². The Balaban J connectivity index is 1.29. The predicted molar refractivity (Wildman–Crippen MR) is 96.1 cm³/mol. The summed E-state index contributed by atoms with van der Waals surface area (Å²) in [4.78, 5) is 14.8. The maximum atomic E-state index is 12.9. The van der Waals surface area contributed by atoms with E-state index in [2.05, 4.69) is 23.5 Å². The molecule has 0 atom stereocenters. The molecule has 3 heteroatoms. The Labute approximate surface area is 144 Å². The Morgan fingerprint density at radius 3 is 2.46 bits per heavy atom. The molecule has 1 heterocycles. The molecule has 3 nitrogen and oxygen atoms in total. The number of hydrogen-bond donors (Lipinski definition) is 1. The van der Waals surface area contributed by atoms with Gasteiger partial charge in [-0.05, 0) is 86.2 Å². The van der Waals surface area contributed by atoms with E-state index in [1.54, 1.807) is 0 Å². The summed E-state index contributed by atoms with van der Waals surface area (Å²) in [6.45, 7) is 1.75. The van der Waals surface area contributed by atoms with E-state index in [1.807, 2.05) is 11.0 Å². The van der Waals surface area contributed by atoms with Crippen LogP contribution in [0.25, 0.3) is 0 Å². The first kappa shape index (κ1) is 14.8. The third kappa shape index (κ3) is 2.44. The van der Waals surface area contributed by atoms with Crippen LogP contribution in [0.15, 0.2) is 24.3 Å². The number of rotatable bonds is 2. The molecule has 1 aromatic carbocycles. The Hall–Kier alpha value is -1.51. The third-order valence-corrected chi connectivity index (χ3v) is 7.14. The minimum absolute atomic E-state index is 0.123. The molecule has 4 bridgehead atoms. The van der Waals surface area contributed by atoms with Gasteiger partial charge in [0.15, 0.2) is 0 Å². The van der Waals surface area contributed by atoms with Crippen molar-refractivity contribution in [2.75, 3.05) is 18.0 Å². The van der Waals surface area contributed by atoms with Gasteiger partial charge in [-0.15, -0.1) is 0 Å². The summed E-state index contributed by atoms with van der Waals surface area (Å²) in [5.41, 5.74) is 2.85. The van der Waals surface area contributed by atoms with E-state index >= 15 is 0 Å². The number of carbonyl (C=O) groups is 1. The minimum Gasteiger partial charge on any atom is -0.337 e. The zero-order chi connectivity index (χ0) is 16.1. The summed E-state index contributed by atoms with van der Waals surface area (Å²) in [5, 5.41) is 3.34. The van der Waals surface area contributed by atoms with Gasteiger partial charge < -0.3 is 5.32 Å². The van der Waals surface area contributed by atoms with Crippen LogP contribution >= 0.6 is 0 Å². The maximum absolute atomic E-state index is 12.9. The summed E-state index contributed by atoms with van der Waals surface area (Å²) in [6.07, 6.45) is 10.6. The second kappa shape index (κ2) is 5.50. The molecule has 5 aliphatic rings. The monoisotopic (exact) mass is 324 g/mol. The van der Waals surface area contributed by atoms with Crippen molar-refractivity contribution in [2.24, 2.45) is 23.2 Å². The van der Waals surface area contributed by atoms with Gasteiger partial charge in [0.25, 0.3) is 0 Å². The average Bonchev–Trinajstić information content (AvgIpc) is 2.58. The van der Waals surface area contributed by atoms with E-state index in [1.165, 1.54) is 44.1 Å². The van der Waals surface area contributed by atoms with E-state index in [9.17, 15) is 4.79 Å². The molecule has 0 radical (unpaired) electrons. The van der Waals surface area contributed by atoms with Crippen molar-refractivity contribution in [3.05, 3.63) is 29.8 Å². The number of nitrogens with one attached hydrogen (secondary N) is 1. The zero-order valence-corrected chi connectivity index (χ0v) is 14.5. The van der Waals surface area contributed by atoms with E-state index in [-0.39, 0.29) is 6.03 Å². The number of benzene rings is 1. The van der Waals surface area contributed by atoms with E-state index in [0.717, 1.165) is 49.4 Å². The van der Waals surface area contributed by atoms with Crippen LogP contribution < -0.4 is 10.2 Å². The number of urea groups is 1. The number of nitrogens with zero attached hydrogens (tertiary/aromatic N) is 1. The number of para-hydroxylation sites is 1. The van der Waals surface area contributed by atoms with Crippen LogP contribution in [0.3, 0.4) is 0 Å². The highest BCUT2D eigenvalue weighted by molar-refractivity contribution is 5.93. The molecule has 4 saturated carbocycles. The lowest BCUT2D eigenvalue weighted by Gasteiger charge is -2.57. The molecule has 0 unspecified atom stereocenters. The molecule has 2 amide bonds. The molecule has 128 valence electrons. The van der Waals surface area contributed by atoms with Gasteiger partial charge in [-0.1, -0.05) is 18.2 Å². The van der Waals surface area contributed by atoms with Gasteiger partial charge in [0.2, 0.25) is 0 Å². The first-order chi connectivity index (χ1) is 11.7. The smallest absolute Gasteiger partial charge is 0.321 e. The Morgan fingerprint density at radius 2 is 1.75 bits per heavy atom. The van der Waals surface area contributed by atoms with Crippen LogP contribution in [0, 0.1) is 23.2 Å². The molecule has 0 saturated heterocycles. The number of fused-ring (bicyclic) bond motifs is 1. The topological polar surface area (TPSA) is 32.3 Å². The lowest BCUT2D eigenvalue weighted by atomic mass is 9.49. The van der Waals surface area contributed by atoms with Gasteiger partial charge in [0, 0.05) is 18.8 Å². The van der Waals surface area contributed by atoms with E-state index in [0.29, 0.717) is 5.41 Å². The Bertz CT molecular complexity index is 618. The number of carbonyl (C=O) groups excluding carboxylic acids is 1. The van der Waals surface area contributed by atoms with Crippen LogP contribution in [0.2, 0.25) is 0 Å². The molecular formula is C21H28N2O. The summed E-state index contributed by atoms with van der Waals surface area (Å²) in [7, 11) is 0. The van der Waals surface area contributed by atoms with Crippen molar-refractivity contribution in [1.82, 2.24) is 5.32 Å². The molecular weight excluding hydrogens is 296 g/mol. The molecule has 1 aromatic rings. The third-order valence-electron chi connectivity index (χ3n) is 7.14. The van der Waals surface area contributed by atoms with Crippen molar-refractivity contribution < 1.29 is 4.79 Å². The number of aryl methyl sites for hydroxylation is 1. The van der Waals surface area contributed by atoms with Crippen molar-refractivity contribution in [2.45, 2.75) is 51.4 Å². The van der Waals surface area contributed by atoms with Crippen LogP contribution in [0.4, 0.5) is 10.5 Å². The number of amides is 2. The molecule has 4 fully saturated rings. The minimum atomic E-state index is 0.123. The molecule has 24 heavy (non-hydrogen) atoms. The van der Waals surface area contributed by atoms with Gasteiger partial charge in [0.1, 0.15) is 0 Å². The van der Waals surface area contributed by atoms with Crippen LogP contribution in [0.5, 0.6) is 0 Å². The summed E-state index contributed by atoms with van der Waals surface area (Å²) in [5.74, 6) is 2.84. The Kier molecular flexibility index (Phi) is 3.39. The fourth-order valence-corrected chi connectivity index (χ4v) is 6.61. The molecule has 1 aliphatic heterocycles. The summed E-state index contributed by atoms with van der Waals surface area (Å²) >= 11 is 0. The van der Waals surface area contributed by atoms with E-state index < -0.39 is 0 Å². The number of anilines is 1. The molecule has 0 spiro atoms. The fourth-order valence-electron chi connectivity index (χ4n) is 6.61. The number of hydrogen-bond acceptors (Lipinski definition) is 1. The summed E-state index contributed by atoms with van der Waals surface area (Å²) in [6, 6.07) is 8.50. The lowest BCUT2D eigenvalue weighted by Crippen LogP contribution is -2.53. The molecule has 6 rings (SSSR count). The average molecular weight is 324 g/mol. The van der Waals surface area contributed by atoms with Crippen LogP contribution in [-0.2, 0) is 6.42 Å². The molecule has 0 aromatic heterocycles. The second-order valence-corrected chi connectivity index (χ2v) is 8.96. The SMILES string of the molecule is O=C(NCC12CC3CC(CC(C3)C1)C2)N1CCCc2ccccc21. The van der Waals surface area contributed by atoms with Gasteiger partial charge in [-0.25, -0.2) is 4.79 Å². The van der Waals surface area contributed by atoms with Crippen LogP contribution in [-0.4, -0.2) is 19.1 Å². The first-order valence-electron chi connectivity index (χ1n) is 9.84. The lowest BCUT2D eigenvalue weighted by molar-refractivity contribution is -0.0497. The standard InChI is InChI=1S/C21H28N2O/c24-20(23-7-3-5-18-4-1-2-6-19(18)23)22-14-21-11-15-8-16(12-21)10-17(9-15)13-21/h1-2,4,6,15-17H,3,5,7-14H2,(H,22,24). The predicted octanol–water partition coefficient (Wildman–Crippen LogP) is 4.37. The largest absolute Gasteiger partial charge is 0.337 e. The Morgan fingerprint density at radius 1 is 1.08 bits per heavy atom. The van der Waals surface area contributed by atoms with Gasteiger partial charge in [-0.2, -0.15) is 0 Å². The molecule has 4 aliphatic carbocycles. The fraction of sp³-hybridized carbons (Fsp3) is 0.667. The quantitative estimate of drug-likeness (QED) is 0.861. The first-order valence-corrected chi connectivity index (χ1v) is 9.84. The highest BCUT2D eigenvalue weighted by Gasteiger charge is 2.50. The zero-order valence-electron chi connectivity index (χ0n) is 14.5. The summed E-state index contributed by atoms with van der Waals surface area (Å²) < 4.78 is 0.